The molecule has 2 aromatic rings. The number of benzene rings is 1. The predicted octanol–water partition coefficient (Wildman–Crippen LogP) is 3.31. The summed E-state index contributed by atoms with van der Waals surface area (Å²) in [5.41, 5.74) is 2.83. The zero-order valence-corrected chi connectivity index (χ0v) is 11.3. The molecule has 0 spiro atoms. The van der Waals surface area contributed by atoms with Crippen LogP contribution in [0.25, 0.3) is 0 Å². The Morgan fingerprint density at radius 2 is 2.15 bits per heavy atom. The van der Waals surface area contributed by atoms with Gasteiger partial charge in [0, 0.05) is 17.3 Å². The van der Waals surface area contributed by atoms with Crippen LogP contribution >= 0.6 is 0 Å². The fourth-order valence-electron chi connectivity index (χ4n) is 1.80. The van der Waals surface area contributed by atoms with Crippen molar-refractivity contribution in [2.45, 2.75) is 20.5 Å². The highest BCUT2D eigenvalue weighted by atomic mass is 19.1. The maximum Gasteiger partial charge on any atom is 0.141 e. The van der Waals surface area contributed by atoms with Crippen LogP contribution in [0, 0.1) is 12.7 Å². The van der Waals surface area contributed by atoms with E-state index in [4.69, 9.17) is 9.94 Å². The molecule has 4 nitrogen and oxygen atoms in total. The Hall–Kier alpha value is -2.43. The first-order valence-electron chi connectivity index (χ1n) is 6.12. The Labute approximate surface area is 116 Å². The van der Waals surface area contributed by atoms with Crippen LogP contribution in [0.2, 0.25) is 0 Å². The van der Waals surface area contributed by atoms with E-state index in [2.05, 4.69) is 10.1 Å². The van der Waals surface area contributed by atoms with Crippen molar-refractivity contribution < 1.29 is 14.3 Å². The molecule has 0 bridgehead atoms. The first-order chi connectivity index (χ1) is 9.60. The van der Waals surface area contributed by atoms with Crippen LogP contribution in [0.4, 0.5) is 4.39 Å². The fourth-order valence-corrected chi connectivity index (χ4v) is 1.80. The summed E-state index contributed by atoms with van der Waals surface area (Å²) in [5.74, 6) is 0.179. The first-order valence-corrected chi connectivity index (χ1v) is 6.12. The van der Waals surface area contributed by atoms with Crippen LogP contribution in [0.3, 0.4) is 0 Å². The van der Waals surface area contributed by atoms with E-state index in [1.54, 1.807) is 19.2 Å². The zero-order valence-electron chi connectivity index (χ0n) is 11.3. The lowest BCUT2D eigenvalue weighted by atomic mass is 10.1. The second-order valence-electron chi connectivity index (χ2n) is 4.49. The van der Waals surface area contributed by atoms with Gasteiger partial charge in [0.05, 0.1) is 11.9 Å². The summed E-state index contributed by atoms with van der Waals surface area (Å²) in [6.45, 7) is 3.82. The number of hydrogen-bond donors (Lipinski definition) is 1. The normalized spacial score (nSPS) is 11.4. The van der Waals surface area contributed by atoms with Gasteiger partial charge in [-0.2, -0.15) is 0 Å². The monoisotopic (exact) mass is 274 g/mol. The predicted molar refractivity (Wildman–Crippen MR) is 73.7 cm³/mol. The highest BCUT2D eigenvalue weighted by molar-refractivity contribution is 6.00. The summed E-state index contributed by atoms with van der Waals surface area (Å²) >= 11 is 0. The summed E-state index contributed by atoms with van der Waals surface area (Å²) in [6, 6.07) is 6.93. The number of aromatic nitrogens is 1. The summed E-state index contributed by atoms with van der Waals surface area (Å²) in [4.78, 5) is 3.77. The van der Waals surface area contributed by atoms with Crippen molar-refractivity contribution in [3.63, 3.8) is 0 Å². The van der Waals surface area contributed by atoms with Crippen molar-refractivity contribution >= 4 is 5.71 Å². The molecule has 0 radical (unpaired) electrons. The van der Waals surface area contributed by atoms with E-state index in [9.17, 15) is 4.39 Å². The van der Waals surface area contributed by atoms with Crippen molar-refractivity contribution in [2.75, 3.05) is 0 Å². The third-order valence-corrected chi connectivity index (χ3v) is 2.83. The summed E-state index contributed by atoms with van der Waals surface area (Å²) in [6.07, 6.45) is 2.69. The zero-order chi connectivity index (χ0) is 14.5. The summed E-state index contributed by atoms with van der Waals surface area (Å²) < 4.78 is 18.7. The molecule has 0 aliphatic heterocycles. The molecule has 0 unspecified atom stereocenters. The van der Waals surface area contributed by atoms with Gasteiger partial charge in [-0.25, -0.2) is 4.39 Å². The van der Waals surface area contributed by atoms with Gasteiger partial charge in [-0.3, -0.25) is 4.98 Å². The molecule has 0 atom stereocenters. The van der Waals surface area contributed by atoms with Crippen LogP contribution in [0.1, 0.15) is 23.6 Å². The van der Waals surface area contributed by atoms with E-state index >= 15 is 0 Å². The highest BCUT2D eigenvalue weighted by Crippen LogP contribution is 2.22. The number of rotatable bonds is 4. The second-order valence-corrected chi connectivity index (χ2v) is 4.49. The number of nitrogens with zero attached hydrogens (tertiary/aromatic N) is 2. The Kier molecular flexibility index (Phi) is 4.30. The van der Waals surface area contributed by atoms with E-state index in [0.29, 0.717) is 22.6 Å². The minimum atomic E-state index is -0.400. The summed E-state index contributed by atoms with van der Waals surface area (Å²) in [7, 11) is 0. The molecule has 1 N–H and O–H groups in total. The van der Waals surface area contributed by atoms with Crippen LogP contribution in [-0.2, 0) is 6.61 Å². The topological polar surface area (TPSA) is 54.7 Å². The molecule has 1 heterocycles. The number of halogens is 1. The van der Waals surface area contributed by atoms with Crippen LogP contribution in [-0.4, -0.2) is 15.9 Å². The maximum atomic E-state index is 13.0. The smallest absolute Gasteiger partial charge is 0.141 e. The molecule has 2 rings (SSSR count). The lowest BCUT2D eigenvalue weighted by Gasteiger charge is -2.11. The molecular formula is C15H15FN2O2. The first kappa shape index (κ1) is 14.0. The van der Waals surface area contributed by atoms with Crippen molar-refractivity contribution in [3.05, 3.63) is 59.2 Å². The quantitative estimate of drug-likeness (QED) is 0.528. The van der Waals surface area contributed by atoms with Gasteiger partial charge < -0.3 is 9.94 Å². The van der Waals surface area contributed by atoms with Gasteiger partial charge >= 0.3 is 0 Å². The number of hydrogen-bond acceptors (Lipinski definition) is 4. The molecular weight excluding hydrogens is 259 g/mol. The number of aryl methyl sites for hydroxylation is 1. The third kappa shape index (κ3) is 3.32. The molecule has 0 saturated heterocycles. The van der Waals surface area contributed by atoms with E-state index in [0.717, 1.165) is 11.8 Å². The molecule has 0 fully saturated rings. The molecule has 0 saturated carbocycles. The average Bonchev–Trinajstić information content (AvgIpc) is 2.45. The molecule has 5 heteroatoms. The van der Waals surface area contributed by atoms with Crippen molar-refractivity contribution in [3.8, 4) is 5.75 Å². The van der Waals surface area contributed by atoms with Gasteiger partial charge in [-0.15, -0.1) is 0 Å². The van der Waals surface area contributed by atoms with Gasteiger partial charge in [0.25, 0.3) is 0 Å². The van der Waals surface area contributed by atoms with Gasteiger partial charge in [-0.05, 0) is 32.0 Å². The number of ether oxygens (including phenoxy) is 1. The SMILES string of the molecule is C/C(=N/O)c1cc(C)ccc1OCc1cncc(F)c1. The molecule has 104 valence electrons. The molecule has 0 aliphatic carbocycles. The molecule has 0 amide bonds. The second kappa shape index (κ2) is 6.14. The average molecular weight is 274 g/mol. The minimum absolute atomic E-state index is 0.194. The van der Waals surface area contributed by atoms with E-state index in [1.807, 2.05) is 19.1 Å². The standard InChI is InChI=1S/C15H15FN2O2/c1-10-3-4-15(14(5-10)11(2)18-19)20-9-12-6-13(16)8-17-7-12/h3-8,19H,9H2,1-2H3/b18-11-. The van der Waals surface area contributed by atoms with Crippen molar-refractivity contribution in [2.24, 2.45) is 5.16 Å². The van der Waals surface area contributed by atoms with E-state index in [-0.39, 0.29) is 6.61 Å². The Bertz CT molecular complexity index is 642. The molecule has 0 aliphatic rings. The minimum Gasteiger partial charge on any atom is -0.488 e. The lowest BCUT2D eigenvalue weighted by molar-refractivity contribution is 0.302. The Balaban J connectivity index is 2.21. The van der Waals surface area contributed by atoms with Gasteiger partial charge in [0.15, 0.2) is 0 Å². The molecule has 1 aromatic heterocycles. The van der Waals surface area contributed by atoms with Crippen molar-refractivity contribution in [1.82, 2.24) is 4.98 Å². The van der Waals surface area contributed by atoms with E-state index < -0.39 is 5.82 Å². The molecule has 20 heavy (non-hydrogen) atoms. The lowest BCUT2D eigenvalue weighted by Crippen LogP contribution is -2.03. The van der Waals surface area contributed by atoms with Crippen LogP contribution in [0.5, 0.6) is 5.75 Å². The third-order valence-electron chi connectivity index (χ3n) is 2.83. The van der Waals surface area contributed by atoms with Crippen molar-refractivity contribution in [1.29, 1.82) is 0 Å². The molecule has 1 aromatic carbocycles. The van der Waals surface area contributed by atoms with Gasteiger partial charge in [0.2, 0.25) is 0 Å². The summed E-state index contributed by atoms with van der Waals surface area (Å²) in [5, 5.41) is 12.1. The highest BCUT2D eigenvalue weighted by Gasteiger charge is 2.08. The van der Waals surface area contributed by atoms with E-state index in [1.165, 1.54) is 6.07 Å². The van der Waals surface area contributed by atoms with Crippen LogP contribution < -0.4 is 4.74 Å². The Morgan fingerprint density at radius 3 is 2.85 bits per heavy atom. The number of oxime groups is 1. The van der Waals surface area contributed by atoms with Gasteiger partial charge in [-0.1, -0.05) is 16.8 Å². The maximum absolute atomic E-state index is 13.0. The fraction of sp³-hybridized carbons (Fsp3) is 0.200. The Morgan fingerprint density at radius 1 is 1.35 bits per heavy atom. The largest absolute Gasteiger partial charge is 0.488 e. The van der Waals surface area contributed by atoms with Crippen LogP contribution in [0.15, 0.2) is 41.8 Å². The number of pyridine rings is 1. The van der Waals surface area contributed by atoms with Gasteiger partial charge in [0.1, 0.15) is 18.2 Å².